The molecule has 1 aromatic rings. The average molecular weight is 377 g/mol. The molecule has 1 heterocycles. The third-order valence-electron chi connectivity index (χ3n) is 4.88. The summed E-state index contributed by atoms with van der Waals surface area (Å²) in [4.78, 5) is 30.2. The number of methoxy groups -OCH3 is 2. The van der Waals surface area contributed by atoms with Gasteiger partial charge in [-0.25, -0.2) is 0 Å². The SMILES string of the molecule is COc1cc2c(cc1OC)CN(C(=O)CN(CCCN(C)C)C(C)=O)CC2. The fourth-order valence-electron chi connectivity index (χ4n) is 3.28. The molecule has 1 aromatic carbocycles. The number of ether oxygens (including phenoxy) is 2. The van der Waals surface area contributed by atoms with Crippen LogP contribution in [0.2, 0.25) is 0 Å². The number of nitrogens with zero attached hydrogens (tertiary/aromatic N) is 3. The van der Waals surface area contributed by atoms with Gasteiger partial charge in [0, 0.05) is 26.6 Å². The van der Waals surface area contributed by atoms with E-state index in [9.17, 15) is 9.59 Å². The zero-order chi connectivity index (χ0) is 20.0. The zero-order valence-corrected chi connectivity index (χ0v) is 17.1. The van der Waals surface area contributed by atoms with E-state index in [1.54, 1.807) is 19.1 Å². The summed E-state index contributed by atoms with van der Waals surface area (Å²) < 4.78 is 10.7. The van der Waals surface area contributed by atoms with E-state index in [1.165, 1.54) is 12.5 Å². The largest absolute Gasteiger partial charge is 0.493 e. The van der Waals surface area contributed by atoms with Gasteiger partial charge in [0.2, 0.25) is 11.8 Å². The monoisotopic (exact) mass is 377 g/mol. The predicted molar refractivity (Wildman–Crippen MR) is 104 cm³/mol. The van der Waals surface area contributed by atoms with Crippen molar-refractivity contribution in [2.75, 3.05) is 54.5 Å². The highest BCUT2D eigenvalue weighted by atomic mass is 16.5. The fraction of sp³-hybridized carbons (Fsp3) is 0.600. The van der Waals surface area contributed by atoms with Crippen LogP contribution in [0.1, 0.15) is 24.5 Å². The molecule has 1 aliphatic heterocycles. The Kier molecular flexibility index (Phi) is 7.47. The van der Waals surface area contributed by atoms with Gasteiger partial charge < -0.3 is 24.2 Å². The van der Waals surface area contributed by atoms with Gasteiger partial charge in [0.25, 0.3) is 0 Å². The minimum absolute atomic E-state index is 0.0181. The van der Waals surface area contributed by atoms with Crippen molar-refractivity contribution in [3.63, 3.8) is 0 Å². The van der Waals surface area contributed by atoms with Crippen molar-refractivity contribution < 1.29 is 19.1 Å². The molecule has 0 aliphatic carbocycles. The predicted octanol–water partition coefficient (Wildman–Crippen LogP) is 1.39. The molecule has 7 nitrogen and oxygen atoms in total. The topological polar surface area (TPSA) is 62.3 Å². The van der Waals surface area contributed by atoms with Crippen LogP contribution in [0.15, 0.2) is 12.1 Å². The molecule has 0 fully saturated rings. The lowest BCUT2D eigenvalue weighted by Gasteiger charge is -2.31. The van der Waals surface area contributed by atoms with Crippen LogP contribution >= 0.6 is 0 Å². The van der Waals surface area contributed by atoms with E-state index in [-0.39, 0.29) is 18.4 Å². The molecular formula is C20H31N3O4. The Labute approximate surface area is 161 Å². The molecule has 0 saturated carbocycles. The number of carbonyl (C=O) groups excluding carboxylic acids is 2. The van der Waals surface area contributed by atoms with Crippen LogP contribution in [-0.2, 0) is 22.6 Å². The number of benzene rings is 1. The summed E-state index contributed by atoms with van der Waals surface area (Å²) in [5.74, 6) is 1.29. The van der Waals surface area contributed by atoms with Crippen LogP contribution in [-0.4, -0.2) is 81.0 Å². The standard InChI is InChI=1S/C20H31N3O4/c1-15(24)22(9-6-8-21(2)3)14-20(25)23-10-7-16-11-18(26-4)19(27-5)12-17(16)13-23/h11-12H,6-10,13-14H2,1-5H3. The maximum atomic E-state index is 12.8. The third-order valence-corrected chi connectivity index (χ3v) is 4.88. The maximum Gasteiger partial charge on any atom is 0.242 e. The number of amides is 2. The Morgan fingerprint density at radius 3 is 2.26 bits per heavy atom. The van der Waals surface area contributed by atoms with E-state index < -0.39 is 0 Å². The molecule has 2 rings (SSSR count). The maximum absolute atomic E-state index is 12.8. The number of hydrogen-bond donors (Lipinski definition) is 0. The molecule has 0 atom stereocenters. The molecule has 7 heteroatoms. The number of rotatable bonds is 8. The summed E-state index contributed by atoms with van der Waals surface area (Å²) in [5, 5.41) is 0. The van der Waals surface area contributed by atoms with Crippen molar-refractivity contribution >= 4 is 11.8 Å². The summed E-state index contributed by atoms with van der Waals surface area (Å²) in [6.07, 6.45) is 1.61. The summed E-state index contributed by atoms with van der Waals surface area (Å²) in [7, 11) is 7.22. The highest BCUT2D eigenvalue weighted by Gasteiger charge is 2.24. The van der Waals surface area contributed by atoms with Crippen molar-refractivity contribution in [3.8, 4) is 11.5 Å². The molecule has 0 unspecified atom stereocenters. The molecule has 0 spiro atoms. The van der Waals surface area contributed by atoms with E-state index in [4.69, 9.17) is 9.47 Å². The molecular weight excluding hydrogens is 346 g/mol. The number of fused-ring (bicyclic) bond motifs is 1. The molecule has 0 aromatic heterocycles. The first-order valence-corrected chi connectivity index (χ1v) is 9.27. The smallest absolute Gasteiger partial charge is 0.242 e. The van der Waals surface area contributed by atoms with Gasteiger partial charge in [-0.05, 0) is 56.7 Å². The van der Waals surface area contributed by atoms with E-state index in [1.807, 2.05) is 31.1 Å². The van der Waals surface area contributed by atoms with Crippen LogP contribution in [0.5, 0.6) is 11.5 Å². The molecule has 2 amide bonds. The van der Waals surface area contributed by atoms with Crippen molar-refractivity contribution in [1.82, 2.24) is 14.7 Å². The third kappa shape index (κ3) is 5.60. The van der Waals surface area contributed by atoms with Crippen LogP contribution in [0.3, 0.4) is 0 Å². The van der Waals surface area contributed by atoms with E-state index >= 15 is 0 Å². The Morgan fingerprint density at radius 2 is 1.70 bits per heavy atom. The Balaban J connectivity index is 2.02. The highest BCUT2D eigenvalue weighted by molar-refractivity contribution is 5.84. The van der Waals surface area contributed by atoms with Gasteiger partial charge in [-0.15, -0.1) is 0 Å². The minimum atomic E-state index is -0.0640. The van der Waals surface area contributed by atoms with Crippen molar-refractivity contribution in [2.24, 2.45) is 0 Å². The Hall–Kier alpha value is -2.28. The first-order chi connectivity index (χ1) is 12.8. The van der Waals surface area contributed by atoms with Crippen LogP contribution in [0, 0.1) is 0 Å². The van der Waals surface area contributed by atoms with E-state index in [2.05, 4.69) is 4.90 Å². The van der Waals surface area contributed by atoms with Crippen molar-refractivity contribution in [3.05, 3.63) is 23.3 Å². The lowest BCUT2D eigenvalue weighted by molar-refractivity contribution is -0.140. The molecule has 0 radical (unpaired) electrons. The summed E-state index contributed by atoms with van der Waals surface area (Å²) in [6, 6.07) is 3.92. The highest BCUT2D eigenvalue weighted by Crippen LogP contribution is 2.33. The number of carbonyl (C=O) groups is 2. The Morgan fingerprint density at radius 1 is 1.07 bits per heavy atom. The van der Waals surface area contributed by atoms with Crippen LogP contribution < -0.4 is 9.47 Å². The normalized spacial score (nSPS) is 13.3. The van der Waals surface area contributed by atoms with Crippen LogP contribution in [0.4, 0.5) is 0 Å². The molecule has 27 heavy (non-hydrogen) atoms. The molecule has 150 valence electrons. The van der Waals surface area contributed by atoms with Gasteiger partial charge in [0.15, 0.2) is 11.5 Å². The van der Waals surface area contributed by atoms with Gasteiger partial charge in [0.05, 0.1) is 20.8 Å². The lowest BCUT2D eigenvalue weighted by atomic mass is 9.98. The molecule has 0 bridgehead atoms. The molecule has 0 N–H and O–H groups in total. The van der Waals surface area contributed by atoms with Gasteiger partial charge in [-0.1, -0.05) is 0 Å². The second-order valence-electron chi connectivity index (χ2n) is 7.14. The number of hydrogen-bond acceptors (Lipinski definition) is 5. The summed E-state index contributed by atoms with van der Waals surface area (Å²) in [6.45, 7) is 4.30. The van der Waals surface area contributed by atoms with Gasteiger partial charge >= 0.3 is 0 Å². The zero-order valence-electron chi connectivity index (χ0n) is 17.1. The fourth-order valence-corrected chi connectivity index (χ4v) is 3.28. The Bertz CT molecular complexity index is 675. The average Bonchev–Trinajstić information content (AvgIpc) is 2.64. The first kappa shape index (κ1) is 21.0. The van der Waals surface area contributed by atoms with Gasteiger partial charge in [0.1, 0.15) is 0 Å². The minimum Gasteiger partial charge on any atom is -0.493 e. The summed E-state index contributed by atoms with van der Waals surface area (Å²) in [5.41, 5.74) is 2.24. The molecule has 0 saturated heterocycles. The van der Waals surface area contributed by atoms with Crippen molar-refractivity contribution in [1.29, 1.82) is 0 Å². The summed E-state index contributed by atoms with van der Waals surface area (Å²) >= 11 is 0. The second kappa shape index (κ2) is 9.60. The van der Waals surface area contributed by atoms with E-state index in [0.29, 0.717) is 31.1 Å². The second-order valence-corrected chi connectivity index (χ2v) is 7.14. The van der Waals surface area contributed by atoms with E-state index in [0.717, 1.165) is 24.9 Å². The van der Waals surface area contributed by atoms with Gasteiger partial charge in [-0.3, -0.25) is 9.59 Å². The molecule has 1 aliphatic rings. The van der Waals surface area contributed by atoms with Gasteiger partial charge in [-0.2, -0.15) is 0 Å². The van der Waals surface area contributed by atoms with Crippen LogP contribution in [0.25, 0.3) is 0 Å². The quantitative estimate of drug-likeness (QED) is 0.685. The first-order valence-electron chi connectivity index (χ1n) is 9.27. The van der Waals surface area contributed by atoms with Crippen molar-refractivity contribution in [2.45, 2.75) is 26.3 Å². The lowest BCUT2D eigenvalue weighted by Crippen LogP contribution is -2.44.